The summed E-state index contributed by atoms with van der Waals surface area (Å²) < 4.78 is 7.70. The van der Waals surface area contributed by atoms with Gasteiger partial charge < -0.3 is 4.90 Å². The smallest absolute Gasteiger partial charge is 0.275 e. The van der Waals surface area contributed by atoms with Gasteiger partial charge in [-0.25, -0.2) is 0 Å². The highest BCUT2D eigenvalue weighted by Gasteiger charge is 2.16. The lowest BCUT2D eigenvalue weighted by atomic mass is 10.2. The fraction of sp³-hybridized carbons (Fsp3) is 0.182. The predicted molar refractivity (Wildman–Crippen MR) is 72.2 cm³/mol. The van der Waals surface area contributed by atoms with Crippen molar-refractivity contribution in [1.82, 2.24) is 13.6 Å². The topological polar surface area (TPSA) is 46.1 Å². The quantitative estimate of drug-likeness (QED) is 0.875. The van der Waals surface area contributed by atoms with Crippen LogP contribution >= 0.6 is 34.9 Å². The lowest BCUT2D eigenvalue weighted by Gasteiger charge is -2.16. The fourth-order valence-electron chi connectivity index (χ4n) is 1.45. The normalized spacial score (nSPS) is 10.4. The second-order valence-corrected chi connectivity index (χ2v) is 5.01. The van der Waals surface area contributed by atoms with Crippen LogP contribution in [0, 0.1) is 0 Å². The first-order chi connectivity index (χ1) is 8.59. The lowest BCUT2D eigenvalue weighted by molar-refractivity contribution is 0.0780. The highest BCUT2D eigenvalue weighted by Crippen LogP contribution is 2.26. The third-order valence-corrected chi connectivity index (χ3v) is 3.70. The molecule has 2 aromatic rings. The summed E-state index contributed by atoms with van der Waals surface area (Å²) in [7, 11) is 1.68. The van der Waals surface area contributed by atoms with Crippen LogP contribution in [0.1, 0.15) is 16.1 Å². The van der Waals surface area contributed by atoms with Gasteiger partial charge in [-0.1, -0.05) is 35.3 Å². The van der Waals surface area contributed by atoms with Crippen molar-refractivity contribution < 1.29 is 4.79 Å². The molecule has 18 heavy (non-hydrogen) atoms. The van der Waals surface area contributed by atoms with E-state index in [1.165, 1.54) is 11.1 Å². The zero-order valence-corrected chi connectivity index (χ0v) is 11.8. The van der Waals surface area contributed by atoms with E-state index < -0.39 is 0 Å². The Hall–Kier alpha value is -1.17. The molecule has 0 bridgehead atoms. The summed E-state index contributed by atoms with van der Waals surface area (Å²) in [5.41, 5.74) is 1.13. The van der Waals surface area contributed by atoms with Gasteiger partial charge in [-0.2, -0.15) is 8.75 Å². The number of amides is 1. The average Bonchev–Trinajstić information content (AvgIpc) is 2.87. The van der Waals surface area contributed by atoms with Crippen molar-refractivity contribution in [3.8, 4) is 0 Å². The Bertz CT molecular complexity index is 559. The maximum atomic E-state index is 12.0. The number of carbonyl (C=O) groups excluding carboxylic acids is 1. The molecule has 0 aliphatic carbocycles. The van der Waals surface area contributed by atoms with Gasteiger partial charge in [-0.05, 0) is 11.6 Å². The molecule has 0 atom stereocenters. The van der Waals surface area contributed by atoms with Gasteiger partial charge in [-0.3, -0.25) is 4.79 Å². The molecule has 0 saturated heterocycles. The summed E-state index contributed by atoms with van der Waals surface area (Å²) in [6, 6.07) is 5.34. The Kier molecular flexibility index (Phi) is 4.16. The monoisotopic (exact) mass is 301 g/mol. The Morgan fingerprint density at radius 3 is 2.89 bits per heavy atom. The Balaban J connectivity index is 2.14. The van der Waals surface area contributed by atoms with E-state index in [-0.39, 0.29) is 5.91 Å². The molecule has 7 heteroatoms. The van der Waals surface area contributed by atoms with Crippen molar-refractivity contribution in [3.05, 3.63) is 45.7 Å². The van der Waals surface area contributed by atoms with Crippen LogP contribution in [0.25, 0.3) is 0 Å². The Morgan fingerprint density at radius 2 is 2.22 bits per heavy atom. The maximum Gasteiger partial charge on any atom is 0.275 e. The second kappa shape index (κ2) is 5.65. The van der Waals surface area contributed by atoms with Crippen molar-refractivity contribution in [1.29, 1.82) is 0 Å². The Morgan fingerprint density at radius 1 is 1.44 bits per heavy atom. The number of rotatable bonds is 3. The van der Waals surface area contributed by atoms with E-state index in [0.717, 1.165) is 17.3 Å². The van der Waals surface area contributed by atoms with Crippen LogP contribution in [0.5, 0.6) is 0 Å². The van der Waals surface area contributed by atoms with Crippen molar-refractivity contribution in [2.75, 3.05) is 7.05 Å². The zero-order valence-electron chi connectivity index (χ0n) is 9.43. The third kappa shape index (κ3) is 2.80. The third-order valence-electron chi connectivity index (χ3n) is 2.37. The van der Waals surface area contributed by atoms with Crippen LogP contribution in [0.4, 0.5) is 0 Å². The zero-order chi connectivity index (χ0) is 13.1. The molecule has 1 amide bonds. The van der Waals surface area contributed by atoms with Gasteiger partial charge in [0.2, 0.25) is 0 Å². The molecule has 1 aromatic carbocycles. The molecule has 0 spiro atoms. The van der Waals surface area contributed by atoms with Crippen molar-refractivity contribution in [2.24, 2.45) is 0 Å². The Labute approximate surface area is 118 Å². The second-order valence-electron chi connectivity index (χ2n) is 3.67. The largest absolute Gasteiger partial charge is 0.336 e. The molecule has 1 heterocycles. The highest BCUT2D eigenvalue weighted by molar-refractivity contribution is 6.99. The van der Waals surface area contributed by atoms with Crippen molar-refractivity contribution in [3.63, 3.8) is 0 Å². The average molecular weight is 302 g/mol. The van der Waals surface area contributed by atoms with Crippen LogP contribution in [0.15, 0.2) is 24.4 Å². The van der Waals surface area contributed by atoms with E-state index in [1.807, 2.05) is 6.07 Å². The standard InChI is InChI=1S/C11H9Cl2N3OS/c1-16(11(17)9-5-14-18-15-9)6-7-3-2-4-8(12)10(7)13/h2-5H,6H2,1H3. The molecular weight excluding hydrogens is 293 g/mol. The number of benzene rings is 1. The first-order valence-corrected chi connectivity index (χ1v) is 6.54. The van der Waals surface area contributed by atoms with Gasteiger partial charge in [0.25, 0.3) is 5.91 Å². The summed E-state index contributed by atoms with van der Waals surface area (Å²) in [5.74, 6) is -0.195. The minimum Gasteiger partial charge on any atom is -0.336 e. The van der Waals surface area contributed by atoms with Crippen molar-refractivity contribution >= 4 is 40.8 Å². The maximum absolute atomic E-state index is 12.0. The lowest BCUT2D eigenvalue weighted by Crippen LogP contribution is -2.26. The number of aromatic nitrogens is 2. The van der Waals surface area contributed by atoms with Gasteiger partial charge in [0.05, 0.1) is 28.0 Å². The minimum atomic E-state index is -0.195. The highest BCUT2D eigenvalue weighted by atomic mass is 35.5. The summed E-state index contributed by atoms with van der Waals surface area (Å²) in [6.07, 6.45) is 1.45. The molecule has 0 saturated carbocycles. The van der Waals surface area contributed by atoms with E-state index in [4.69, 9.17) is 23.2 Å². The predicted octanol–water partition coefficient (Wildman–Crippen LogP) is 3.12. The van der Waals surface area contributed by atoms with Crippen LogP contribution in [-0.2, 0) is 6.54 Å². The number of nitrogens with zero attached hydrogens (tertiary/aromatic N) is 3. The molecule has 0 aliphatic heterocycles. The number of carbonyl (C=O) groups is 1. The van der Waals surface area contributed by atoms with Gasteiger partial charge in [-0.15, -0.1) is 0 Å². The summed E-state index contributed by atoms with van der Waals surface area (Å²) in [4.78, 5) is 13.5. The van der Waals surface area contributed by atoms with E-state index in [1.54, 1.807) is 19.2 Å². The van der Waals surface area contributed by atoms with Gasteiger partial charge >= 0.3 is 0 Å². The fourth-order valence-corrected chi connectivity index (χ4v) is 2.24. The number of hydrogen-bond acceptors (Lipinski definition) is 4. The van der Waals surface area contributed by atoms with E-state index in [0.29, 0.717) is 22.3 Å². The first-order valence-electron chi connectivity index (χ1n) is 5.05. The molecule has 0 fully saturated rings. The molecule has 1 aromatic heterocycles. The molecular formula is C11H9Cl2N3OS. The summed E-state index contributed by atoms with van der Waals surface area (Å²) in [5, 5.41) is 0.945. The van der Waals surface area contributed by atoms with Crippen LogP contribution in [0.3, 0.4) is 0 Å². The van der Waals surface area contributed by atoms with Gasteiger partial charge in [0.15, 0.2) is 5.69 Å². The molecule has 2 rings (SSSR count). The molecule has 94 valence electrons. The van der Waals surface area contributed by atoms with Gasteiger partial charge in [0.1, 0.15) is 0 Å². The number of halogens is 2. The summed E-state index contributed by atoms with van der Waals surface area (Å²) >= 11 is 13.0. The number of hydrogen-bond donors (Lipinski definition) is 0. The van der Waals surface area contributed by atoms with Crippen LogP contribution in [0.2, 0.25) is 10.0 Å². The van der Waals surface area contributed by atoms with E-state index >= 15 is 0 Å². The van der Waals surface area contributed by atoms with Crippen LogP contribution < -0.4 is 0 Å². The molecule has 0 N–H and O–H groups in total. The molecule has 0 aliphatic rings. The molecule has 0 radical (unpaired) electrons. The first kappa shape index (κ1) is 13.3. The SMILES string of the molecule is CN(Cc1cccc(Cl)c1Cl)C(=O)c1cnsn1. The van der Waals surface area contributed by atoms with E-state index in [9.17, 15) is 4.79 Å². The minimum absolute atomic E-state index is 0.195. The van der Waals surface area contributed by atoms with Crippen LogP contribution in [-0.4, -0.2) is 26.6 Å². The van der Waals surface area contributed by atoms with Crippen molar-refractivity contribution in [2.45, 2.75) is 6.54 Å². The van der Waals surface area contributed by atoms with Gasteiger partial charge in [0, 0.05) is 13.6 Å². The molecule has 4 nitrogen and oxygen atoms in total. The summed E-state index contributed by atoms with van der Waals surface area (Å²) in [6.45, 7) is 0.371. The molecule has 0 unspecified atom stereocenters. The van der Waals surface area contributed by atoms with E-state index in [2.05, 4.69) is 8.75 Å².